The Morgan fingerprint density at radius 1 is 1.53 bits per heavy atom. The number of thiazole rings is 1. The second-order valence-corrected chi connectivity index (χ2v) is 4.78. The van der Waals surface area contributed by atoms with Crippen LogP contribution in [0.1, 0.15) is 30.3 Å². The van der Waals surface area contributed by atoms with E-state index in [4.69, 9.17) is 10.2 Å². The van der Waals surface area contributed by atoms with Gasteiger partial charge < -0.3 is 10.2 Å². The van der Waals surface area contributed by atoms with Crippen LogP contribution in [0.4, 0.5) is 0 Å². The molecule has 2 aromatic heterocycles. The van der Waals surface area contributed by atoms with Crippen LogP contribution in [-0.4, -0.2) is 4.98 Å². The number of hydrogen-bond acceptors (Lipinski definition) is 4. The third-order valence-electron chi connectivity index (χ3n) is 2.23. The predicted molar refractivity (Wildman–Crippen MR) is 61.8 cm³/mol. The molecule has 0 aliphatic heterocycles. The van der Waals surface area contributed by atoms with Gasteiger partial charge in [-0.05, 0) is 12.0 Å². The van der Waals surface area contributed by atoms with Crippen molar-refractivity contribution in [2.75, 3.05) is 0 Å². The Morgan fingerprint density at radius 3 is 2.80 bits per heavy atom. The molecule has 15 heavy (non-hydrogen) atoms. The molecule has 2 N–H and O–H groups in total. The average Bonchev–Trinajstić information content (AvgIpc) is 2.86. The first kappa shape index (κ1) is 10.4. The minimum absolute atomic E-state index is 0.417. The molecule has 2 heterocycles. The molecule has 0 unspecified atom stereocenters. The highest BCUT2D eigenvalue weighted by molar-refractivity contribution is 7.15. The molecule has 2 rings (SSSR count). The van der Waals surface area contributed by atoms with Crippen molar-refractivity contribution >= 4 is 11.3 Å². The van der Waals surface area contributed by atoms with E-state index in [-0.39, 0.29) is 0 Å². The second kappa shape index (κ2) is 4.16. The summed E-state index contributed by atoms with van der Waals surface area (Å²) in [6, 6.07) is 1.92. The van der Waals surface area contributed by atoms with Gasteiger partial charge in [-0.25, -0.2) is 4.98 Å². The Balaban J connectivity index is 2.43. The highest BCUT2D eigenvalue weighted by Crippen LogP contribution is 2.31. The standard InChI is InChI=1S/C11H14N2OS/c1-7(2)10-9(5-12)15-11(13-10)8-3-4-14-6-8/h3-4,6-7H,5,12H2,1-2H3. The van der Waals surface area contributed by atoms with Crippen LogP contribution in [0.3, 0.4) is 0 Å². The molecule has 0 saturated heterocycles. The summed E-state index contributed by atoms with van der Waals surface area (Å²) in [6.07, 6.45) is 3.37. The fourth-order valence-electron chi connectivity index (χ4n) is 1.47. The number of hydrogen-bond donors (Lipinski definition) is 1. The highest BCUT2D eigenvalue weighted by atomic mass is 32.1. The Labute approximate surface area is 92.9 Å². The number of rotatable bonds is 3. The van der Waals surface area contributed by atoms with Gasteiger partial charge in [-0.15, -0.1) is 11.3 Å². The van der Waals surface area contributed by atoms with Crippen molar-refractivity contribution in [1.29, 1.82) is 0 Å². The molecule has 3 nitrogen and oxygen atoms in total. The van der Waals surface area contributed by atoms with Gasteiger partial charge in [0.05, 0.1) is 12.0 Å². The number of nitrogens with two attached hydrogens (primary N) is 1. The average molecular weight is 222 g/mol. The molecular formula is C11H14N2OS. The zero-order valence-corrected chi connectivity index (χ0v) is 9.67. The lowest BCUT2D eigenvalue weighted by molar-refractivity contribution is 0.568. The minimum atomic E-state index is 0.417. The van der Waals surface area contributed by atoms with E-state index in [9.17, 15) is 0 Å². The van der Waals surface area contributed by atoms with Gasteiger partial charge in [0.2, 0.25) is 0 Å². The first-order valence-electron chi connectivity index (χ1n) is 4.94. The van der Waals surface area contributed by atoms with E-state index in [1.165, 1.54) is 4.88 Å². The first-order valence-corrected chi connectivity index (χ1v) is 5.76. The van der Waals surface area contributed by atoms with Gasteiger partial charge in [-0.1, -0.05) is 13.8 Å². The lowest BCUT2D eigenvalue weighted by atomic mass is 10.1. The van der Waals surface area contributed by atoms with E-state index in [1.807, 2.05) is 6.07 Å². The Hall–Kier alpha value is -1.13. The van der Waals surface area contributed by atoms with Crippen LogP contribution in [0.5, 0.6) is 0 Å². The molecule has 0 fully saturated rings. The van der Waals surface area contributed by atoms with E-state index in [1.54, 1.807) is 23.9 Å². The first-order chi connectivity index (χ1) is 7.22. The quantitative estimate of drug-likeness (QED) is 0.868. The van der Waals surface area contributed by atoms with Gasteiger partial charge in [0.25, 0.3) is 0 Å². The summed E-state index contributed by atoms with van der Waals surface area (Å²) in [5, 5.41) is 0.993. The van der Waals surface area contributed by atoms with Gasteiger partial charge >= 0.3 is 0 Å². The summed E-state index contributed by atoms with van der Waals surface area (Å²) in [4.78, 5) is 5.77. The number of aromatic nitrogens is 1. The van der Waals surface area contributed by atoms with Crippen molar-refractivity contribution in [1.82, 2.24) is 4.98 Å². The third-order valence-corrected chi connectivity index (χ3v) is 3.37. The van der Waals surface area contributed by atoms with Crippen LogP contribution >= 0.6 is 11.3 Å². The van der Waals surface area contributed by atoms with Crippen molar-refractivity contribution in [2.24, 2.45) is 5.73 Å². The molecule has 0 radical (unpaired) electrons. The molecule has 0 saturated carbocycles. The molecule has 4 heteroatoms. The van der Waals surface area contributed by atoms with Gasteiger partial charge in [0.15, 0.2) is 0 Å². The maximum Gasteiger partial charge on any atom is 0.127 e. The second-order valence-electron chi connectivity index (χ2n) is 3.70. The molecule has 0 amide bonds. The SMILES string of the molecule is CC(C)c1nc(-c2ccoc2)sc1CN. The Kier molecular flexibility index (Phi) is 2.88. The zero-order chi connectivity index (χ0) is 10.8. The normalized spacial score (nSPS) is 11.2. The lowest BCUT2D eigenvalue weighted by Crippen LogP contribution is -1.99. The summed E-state index contributed by atoms with van der Waals surface area (Å²) in [7, 11) is 0. The van der Waals surface area contributed by atoms with E-state index in [0.29, 0.717) is 12.5 Å². The molecule has 0 atom stereocenters. The Morgan fingerprint density at radius 2 is 2.33 bits per heavy atom. The molecule has 0 aliphatic carbocycles. The number of nitrogens with zero attached hydrogens (tertiary/aromatic N) is 1. The smallest absolute Gasteiger partial charge is 0.127 e. The van der Waals surface area contributed by atoms with Crippen LogP contribution in [0.25, 0.3) is 10.6 Å². The van der Waals surface area contributed by atoms with Crippen molar-refractivity contribution in [2.45, 2.75) is 26.3 Å². The van der Waals surface area contributed by atoms with Gasteiger partial charge in [-0.3, -0.25) is 0 Å². The predicted octanol–water partition coefficient (Wildman–Crippen LogP) is 2.99. The summed E-state index contributed by atoms with van der Waals surface area (Å²) >= 11 is 1.65. The van der Waals surface area contributed by atoms with E-state index in [2.05, 4.69) is 18.8 Å². The van der Waals surface area contributed by atoms with Crippen molar-refractivity contribution < 1.29 is 4.42 Å². The molecule has 0 bridgehead atoms. The van der Waals surface area contributed by atoms with E-state index < -0.39 is 0 Å². The summed E-state index contributed by atoms with van der Waals surface area (Å²) in [5.41, 5.74) is 7.84. The van der Waals surface area contributed by atoms with Crippen LogP contribution < -0.4 is 5.73 Å². The van der Waals surface area contributed by atoms with Crippen LogP contribution in [0.2, 0.25) is 0 Å². The van der Waals surface area contributed by atoms with Crippen molar-refractivity contribution in [3.05, 3.63) is 29.2 Å². The largest absolute Gasteiger partial charge is 0.472 e. The van der Waals surface area contributed by atoms with Crippen molar-refractivity contribution in [3.63, 3.8) is 0 Å². The molecule has 0 aliphatic rings. The van der Waals surface area contributed by atoms with Gasteiger partial charge in [-0.2, -0.15) is 0 Å². The van der Waals surface area contributed by atoms with Crippen LogP contribution in [-0.2, 0) is 6.54 Å². The molecular weight excluding hydrogens is 208 g/mol. The topological polar surface area (TPSA) is 52.0 Å². The molecule has 2 aromatic rings. The molecule has 0 spiro atoms. The van der Waals surface area contributed by atoms with E-state index >= 15 is 0 Å². The van der Waals surface area contributed by atoms with Gasteiger partial charge in [0.1, 0.15) is 11.3 Å². The summed E-state index contributed by atoms with van der Waals surface area (Å²) < 4.78 is 5.05. The van der Waals surface area contributed by atoms with Crippen LogP contribution in [0, 0.1) is 0 Å². The summed E-state index contributed by atoms with van der Waals surface area (Å²) in [5.74, 6) is 0.417. The zero-order valence-electron chi connectivity index (χ0n) is 8.86. The fraction of sp³-hybridized carbons (Fsp3) is 0.364. The lowest BCUT2D eigenvalue weighted by Gasteiger charge is -2.01. The molecule has 0 aromatic carbocycles. The van der Waals surface area contributed by atoms with Gasteiger partial charge in [0, 0.05) is 17.0 Å². The Bertz CT molecular complexity index is 431. The van der Waals surface area contributed by atoms with Crippen LogP contribution in [0.15, 0.2) is 23.0 Å². The monoisotopic (exact) mass is 222 g/mol. The van der Waals surface area contributed by atoms with Crippen molar-refractivity contribution in [3.8, 4) is 10.6 Å². The number of furan rings is 1. The minimum Gasteiger partial charge on any atom is -0.472 e. The maximum absolute atomic E-state index is 5.70. The third kappa shape index (κ3) is 1.96. The highest BCUT2D eigenvalue weighted by Gasteiger charge is 2.14. The summed E-state index contributed by atoms with van der Waals surface area (Å²) in [6.45, 7) is 4.82. The van der Waals surface area contributed by atoms with E-state index in [0.717, 1.165) is 16.3 Å². The molecule has 80 valence electrons. The fourth-order valence-corrected chi connectivity index (χ4v) is 2.55. The maximum atomic E-state index is 5.70.